The first kappa shape index (κ1) is 17.6. The highest BCUT2D eigenvalue weighted by Crippen LogP contribution is 2.16. The molecule has 0 unspecified atom stereocenters. The molecule has 0 aliphatic carbocycles. The third kappa shape index (κ3) is 3.88. The van der Waals surface area contributed by atoms with Crippen molar-refractivity contribution in [2.75, 3.05) is 5.32 Å². The normalized spacial score (nSPS) is 10.7. The van der Waals surface area contributed by atoms with E-state index in [9.17, 15) is 9.59 Å². The van der Waals surface area contributed by atoms with Gasteiger partial charge in [0.15, 0.2) is 5.82 Å². The van der Waals surface area contributed by atoms with Crippen LogP contribution in [0, 0.1) is 0 Å². The smallest absolute Gasteiger partial charge is 0.274 e. The van der Waals surface area contributed by atoms with Gasteiger partial charge in [0.05, 0.1) is 0 Å². The fourth-order valence-corrected chi connectivity index (χ4v) is 2.54. The summed E-state index contributed by atoms with van der Waals surface area (Å²) >= 11 is 0. The second-order valence-corrected chi connectivity index (χ2v) is 5.80. The Labute approximate surface area is 150 Å². The minimum Gasteiger partial charge on any atom is -0.332 e. The summed E-state index contributed by atoms with van der Waals surface area (Å²) in [6.45, 7) is 3.83. The fraction of sp³-hybridized carbons (Fsp3) is 0.263. The van der Waals surface area contributed by atoms with Gasteiger partial charge in [-0.05, 0) is 30.2 Å². The minimum absolute atomic E-state index is 0.144. The zero-order valence-corrected chi connectivity index (χ0v) is 14.7. The zero-order chi connectivity index (χ0) is 18.5. The summed E-state index contributed by atoms with van der Waals surface area (Å²) in [6.07, 6.45) is 1.55. The van der Waals surface area contributed by atoms with E-state index in [0.717, 1.165) is 6.42 Å². The van der Waals surface area contributed by atoms with Crippen LogP contribution in [0.1, 0.15) is 25.2 Å². The van der Waals surface area contributed by atoms with Gasteiger partial charge in [0.25, 0.3) is 11.4 Å². The van der Waals surface area contributed by atoms with E-state index < -0.39 is 0 Å². The van der Waals surface area contributed by atoms with Crippen LogP contribution in [-0.4, -0.2) is 20.6 Å². The molecule has 2 aromatic heterocycles. The first-order chi connectivity index (χ1) is 12.6. The summed E-state index contributed by atoms with van der Waals surface area (Å²) in [5, 5.41) is 6.64. The predicted octanol–water partition coefficient (Wildman–Crippen LogP) is 2.66. The van der Waals surface area contributed by atoms with E-state index in [1.54, 1.807) is 12.1 Å². The molecule has 2 heterocycles. The van der Waals surface area contributed by atoms with E-state index in [0.29, 0.717) is 23.6 Å². The maximum absolute atomic E-state index is 12.4. The average Bonchev–Trinajstić information content (AvgIpc) is 3.13. The molecular formula is C19H20N4O3. The molecule has 0 saturated heterocycles. The third-order valence-electron chi connectivity index (χ3n) is 4.00. The van der Waals surface area contributed by atoms with Gasteiger partial charge in [-0.3, -0.25) is 14.2 Å². The molecule has 3 rings (SSSR count). The van der Waals surface area contributed by atoms with Crippen molar-refractivity contribution in [2.45, 2.75) is 33.2 Å². The number of aryl methyl sites for hydroxylation is 2. The number of amides is 1. The number of nitrogens with zero attached hydrogens (tertiary/aromatic N) is 3. The number of aromatic nitrogens is 3. The van der Waals surface area contributed by atoms with Crippen LogP contribution >= 0.6 is 0 Å². The molecule has 0 saturated carbocycles. The van der Waals surface area contributed by atoms with E-state index in [-0.39, 0.29) is 23.9 Å². The van der Waals surface area contributed by atoms with Gasteiger partial charge in [0, 0.05) is 18.2 Å². The van der Waals surface area contributed by atoms with Gasteiger partial charge in [0.2, 0.25) is 5.91 Å². The van der Waals surface area contributed by atoms with Gasteiger partial charge < -0.3 is 9.84 Å². The Morgan fingerprint density at radius 3 is 2.54 bits per heavy atom. The van der Waals surface area contributed by atoms with Crippen molar-refractivity contribution >= 4 is 11.6 Å². The highest BCUT2D eigenvalue weighted by atomic mass is 16.5. The zero-order valence-electron chi connectivity index (χ0n) is 14.7. The number of hydrogen-bond donors (Lipinski definition) is 1. The van der Waals surface area contributed by atoms with Crippen LogP contribution in [0.2, 0.25) is 0 Å². The summed E-state index contributed by atoms with van der Waals surface area (Å²) in [5.41, 5.74) is 1.98. The number of pyridine rings is 1. The van der Waals surface area contributed by atoms with E-state index in [1.807, 2.05) is 31.2 Å². The van der Waals surface area contributed by atoms with E-state index in [2.05, 4.69) is 22.4 Å². The number of rotatable bonds is 6. The lowest BCUT2D eigenvalue weighted by Gasteiger charge is -2.10. The van der Waals surface area contributed by atoms with Crippen LogP contribution < -0.4 is 10.9 Å². The van der Waals surface area contributed by atoms with Crippen LogP contribution in [0.15, 0.2) is 51.8 Å². The van der Waals surface area contributed by atoms with Crippen LogP contribution in [0.3, 0.4) is 0 Å². The van der Waals surface area contributed by atoms with Crippen molar-refractivity contribution in [1.29, 1.82) is 0 Å². The summed E-state index contributed by atoms with van der Waals surface area (Å²) in [5.74, 6) is 0.460. The molecule has 0 radical (unpaired) electrons. The number of benzene rings is 1. The minimum atomic E-state index is -0.310. The molecular weight excluding hydrogens is 332 g/mol. The molecule has 26 heavy (non-hydrogen) atoms. The molecule has 0 aliphatic rings. The topological polar surface area (TPSA) is 90.0 Å². The molecule has 134 valence electrons. The molecule has 0 fully saturated rings. The molecule has 0 atom stereocenters. The molecule has 0 spiro atoms. The van der Waals surface area contributed by atoms with E-state index >= 15 is 0 Å². The number of nitrogens with one attached hydrogen (secondary N) is 1. The molecule has 1 aromatic carbocycles. The molecule has 0 aliphatic heterocycles. The molecule has 7 heteroatoms. The van der Waals surface area contributed by atoms with Crippen molar-refractivity contribution in [3.8, 4) is 11.6 Å². The average molecular weight is 352 g/mol. The molecule has 3 aromatic rings. The Morgan fingerprint density at radius 2 is 1.88 bits per heavy atom. The van der Waals surface area contributed by atoms with Gasteiger partial charge in [-0.2, -0.15) is 4.98 Å². The second-order valence-electron chi connectivity index (χ2n) is 5.80. The van der Waals surface area contributed by atoms with Crippen LogP contribution in [0.4, 0.5) is 5.69 Å². The molecule has 1 amide bonds. The van der Waals surface area contributed by atoms with E-state index in [4.69, 9.17) is 4.52 Å². The largest absolute Gasteiger partial charge is 0.332 e. The van der Waals surface area contributed by atoms with Crippen molar-refractivity contribution < 1.29 is 9.32 Å². The number of hydrogen-bond acceptors (Lipinski definition) is 5. The molecule has 7 nitrogen and oxygen atoms in total. The SMILES string of the molecule is CCc1ccc(NC(=O)Cn2c(-c3nc(CC)no3)cccc2=O)cc1. The third-order valence-corrected chi connectivity index (χ3v) is 4.00. The van der Waals surface area contributed by atoms with E-state index in [1.165, 1.54) is 16.2 Å². The summed E-state index contributed by atoms with van der Waals surface area (Å²) in [4.78, 5) is 28.9. The quantitative estimate of drug-likeness (QED) is 0.736. The Hall–Kier alpha value is -3.22. The number of anilines is 1. The molecule has 1 N–H and O–H groups in total. The van der Waals surface area contributed by atoms with Gasteiger partial charge in [0.1, 0.15) is 12.2 Å². The summed E-state index contributed by atoms with van der Waals surface area (Å²) < 4.78 is 6.53. The van der Waals surface area contributed by atoms with Gasteiger partial charge in [-0.1, -0.05) is 37.2 Å². The maximum Gasteiger partial charge on any atom is 0.274 e. The van der Waals surface area contributed by atoms with Crippen molar-refractivity contribution in [3.63, 3.8) is 0 Å². The lowest BCUT2D eigenvalue weighted by molar-refractivity contribution is -0.116. The van der Waals surface area contributed by atoms with Crippen molar-refractivity contribution in [2.24, 2.45) is 0 Å². The Kier molecular flexibility index (Phi) is 5.26. The maximum atomic E-state index is 12.4. The Morgan fingerprint density at radius 1 is 1.12 bits per heavy atom. The number of carbonyl (C=O) groups excluding carboxylic acids is 1. The summed E-state index contributed by atoms with van der Waals surface area (Å²) in [6, 6.07) is 12.3. The summed E-state index contributed by atoms with van der Waals surface area (Å²) in [7, 11) is 0. The highest BCUT2D eigenvalue weighted by Gasteiger charge is 2.15. The molecule has 0 bridgehead atoms. The van der Waals surface area contributed by atoms with Crippen molar-refractivity contribution in [1.82, 2.24) is 14.7 Å². The fourth-order valence-electron chi connectivity index (χ4n) is 2.54. The van der Waals surface area contributed by atoms with Gasteiger partial charge in [-0.15, -0.1) is 0 Å². The highest BCUT2D eigenvalue weighted by molar-refractivity contribution is 5.90. The Balaban J connectivity index is 1.82. The van der Waals surface area contributed by atoms with Crippen LogP contribution in [-0.2, 0) is 24.2 Å². The second kappa shape index (κ2) is 7.77. The van der Waals surface area contributed by atoms with Crippen molar-refractivity contribution in [3.05, 3.63) is 64.2 Å². The first-order valence-electron chi connectivity index (χ1n) is 8.52. The number of carbonyl (C=O) groups is 1. The monoisotopic (exact) mass is 352 g/mol. The first-order valence-corrected chi connectivity index (χ1v) is 8.52. The standard InChI is InChI=1S/C19H20N4O3/c1-3-13-8-10-14(11-9-13)20-17(24)12-23-15(6-5-7-18(23)25)19-21-16(4-2)22-26-19/h5-11H,3-4,12H2,1-2H3,(H,20,24). The Bertz CT molecular complexity index is 957. The lowest BCUT2D eigenvalue weighted by Crippen LogP contribution is -2.28. The predicted molar refractivity (Wildman–Crippen MR) is 97.8 cm³/mol. The van der Waals surface area contributed by atoms with Gasteiger partial charge >= 0.3 is 0 Å². The van der Waals surface area contributed by atoms with Crippen LogP contribution in [0.25, 0.3) is 11.6 Å². The van der Waals surface area contributed by atoms with Crippen LogP contribution in [0.5, 0.6) is 0 Å². The van der Waals surface area contributed by atoms with Gasteiger partial charge in [-0.25, -0.2) is 0 Å². The lowest BCUT2D eigenvalue weighted by atomic mass is 10.1.